The maximum atomic E-state index is 9.05. The molecule has 0 aliphatic rings. The van der Waals surface area contributed by atoms with Crippen molar-refractivity contribution >= 4 is 27.5 Å². The van der Waals surface area contributed by atoms with E-state index in [9.17, 15) is 0 Å². The average Bonchev–Trinajstić information content (AvgIpc) is 2.10. The van der Waals surface area contributed by atoms with Crippen molar-refractivity contribution in [2.75, 3.05) is 6.54 Å². The molecule has 14 heavy (non-hydrogen) atoms. The maximum Gasteiger partial charge on any atom is 0.0636 e. The Bertz CT molecular complexity index is 304. The van der Waals surface area contributed by atoms with Gasteiger partial charge in [-0.05, 0) is 30.7 Å². The number of hydrogen-bond acceptors (Lipinski definition) is 2. The molecule has 0 heterocycles. The molecule has 0 radical (unpaired) electrons. The molecule has 1 aromatic carbocycles. The Morgan fingerprint density at radius 1 is 1.57 bits per heavy atom. The first-order valence-corrected chi connectivity index (χ1v) is 5.59. The quantitative estimate of drug-likeness (QED) is 0.887. The van der Waals surface area contributed by atoms with E-state index < -0.39 is 0 Å². The highest BCUT2D eigenvalue weighted by Crippen LogP contribution is 2.20. The van der Waals surface area contributed by atoms with Crippen LogP contribution in [0.25, 0.3) is 0 Å². The monoisotopic (exact) mass is 277 g/mol. The van der Waals surface area contributed by atoms with E-state index in [0.29, 0.717) is 13.1 Å². The molecule has 0 aromatic heterocycles. The van der Waals surface area contributed by atoms with E-state index in [0.717, 1.165) is 15.1 Å². The van der Waals surface area contributed by atoms with Gasteiger partial charge in [-0.2, -0.15) is 0 Å². The first kappa shape index (κ1) is 12.0. The van der Waals surface area contributed by atoms with Crippen LogP contribution in [0.15, 0.2) is 22.7 Å². The van der Waals surface area contributed by atoms with Gasteiger partial charge in [0.2, 0.25) is 0 Å². The van der Waals surface area contributed by atoms with Gasteiger partial charge < -0.3 is 10.4 Å². The van der Waals surface area contributed by atoms with Gasteiger partial charge in [-0.3, -0.25) is 0 Å². The Morgan fingerprint density at radius 2 is 2.29 bits per heavy atom. The molecule has 0 aliphatic heterocycles. The Balaban J connectivity index is 2.53. The van der Waals surface area contributed by atoms with E-state index in [1.165, 1.54) is 0 Å². The second kappa shape index (κ2) is 5.71. The highest BCUT2D eigenvalue weighted by molar-refractivity contribution is 9.10. The Kier molecular flexibility index (Phi) is 4.89. The van der Waals surface area contributed by atoms with E-state index >= 15 is 0 Å². The molecular weight excluding hydrogens is 265 g/mol. The van der Waals surface area contributed by atoms with E-state index in [2.05, 4.69) is 21.2 Å². The van der Waals surface area contributed by atoms with Crippen molar-refractivity contribution in [3.05, 3.63) is 33.3 Å². The van der Waals surface area contributed by atoms with Gasteiger partial charge in [-0.15, -0.1) is 0 Å². The summed E-state index contributed by atoms with van der Waals surface area (Å²) in [5, 5.41) is 12.9. The molecule has 1 unspecified atom stereocenters. The van der Waals surface area contributed by atoms with Gasteiger partial charge in [0.1, 0.15) is 0 Å². The van der Waals surface area contributed by atoms with Crippen LogP contribution < -0.4 is 5.32 Å². The van der Waals surface area contributed by atoms with Crippen molar-refractivity contribution in [2.24, 2.45) is 0 Å². The van der Waals surface area contributed by atoms with E-state index in [4.69, 9.17) is 16.7 Å². The second-order valence-corrected chi connectivity index (χ2v) is 4.51. The van der Waals surface area contributed by atoms with Crippen molar-refractivity contribution in [3.8, 4) is 0 Å². The van der Waals surface area contributed by atoms with Gasteiger partial charge in [0.25, 0.3) is 0 Å². The maximum absolute atomic E-state index is 9.05. The molecule has 78 valence electrons. The smallest absolute Gasteiger partial charge is 0.0636 e. The Morgan fingerprint density at radius 3 is 2.93 bits per heavy atom. The number of aliphatic hydroxyl groups is 1. The van der Waals surface area contributed by atoms with Crippen molar-refractivity contribution in [1.29, 1.82) is 0 Å². The van der Waals surface area contributed by atoms with Crippen LogP contribution >= 0.6 is 27.5 Å². The second-order valence-electron chi connectivity index (χ2n) is 3.22. The lowest BCUT2D eigenvalue weighted by Crippen LogP contribution is -2.23. The first-order chi connectivity index (χ1) is 6.59. The highest BCUT2D eigenvalue weighted by atomic mass is 79.9. The van der Waals surface area contributed by atoms with E-state index in [1.54, 1.807) is 6.92 Å². The highest BCUT2D eigenvalue weighted by Gasteiger charge is 2.01. The molecule has 0 saturated carbocycles. The molecule has 1 aromatic rings. The summed E-state index contributed by atoms with van der Waals surface area (Å²) in [7, 11) is 0. The standard InChI is InChI=1S/C10H13BrClNO/c1-7(14)5-13-6-8-4-9(12)2-3-10(8)11/h2-4,7,13-14H,5-6H2,1H3. The third kappa shape index (κ3) is 3.96. The van der Waals surface area contributed by atoms with Crippen molar-refractivity contribution in [3.63, 3.8) is 0 Å². The summed E-state index contributed by atoms with van der Waals surface area (Å²) in [5.74, 6) is 0. The number of halogens is 2. The predicted octanol–water partition coefficient (Wildman–Crippen LogP) is 2.57. The summed E-state index contributed by atoms with van der Waals surface area (Å²) >= 11 is 9.30. The fourth-order valence-corrected chi connectivity index (χ4v) is 1.68. The van der Waals surface area contributed by atoms with Crippen molar-refractivity contribution in [1.82, 2.24) is 5.32 Å². The molecule has 2 N–H and O–H groups in total. The number of aliphatic hydroxyl groups excluding tert-OH is 1. The fraction of sp³-hybridized carbons (Fsp3) is 0.400. The summed E-state index contributed by atoms with van der Waals surface area (Å²) in [6, 6.07) is 5.66. The van der Waals surface area contributed by atoms with Crippen LogP contribution in [-0.2, 0) is 6.54 Å². The third-order valence-electron chi connectivity index (χ3n) is 1.76. The Labute approximate surface area is 97.4 Å². The molecule has 4 heteroatoms. The predicted molar refractivity (Wildman–Crippen MR) is 62.5 cm³/mol. The lowest BCUT2D eigenvalue weighted by molar-refractivity contribution is 0.191. The minimum absolute atomic E-state index is 0.326. The average molecular weight is 279 g/mol. The van der Waals surface area contributed by atoms with E-state index in [1.807, 2.05) is 18.2 Å². The summed E-state index contributed by atoms with van der Waals surface area (Å²) in [5.41, 5.74) is 1.10. The SMILES string of the molecule is CC(O)CNCc1cc(Cl)ccc1Br. The molecule has 0 amide bonds. The topological polar surface area (TPSA) is 32.3 Å². The normalized spacial score (nSPS) is 12.9. The van der Waals surface area contributed by atoms with Crippen molar-refractivity contribution < 1.29 is 5.11 Å². The summed E-state index contributed by atoms with van der Waals surface area (Å²) in [4.78, 5) is 0. The van der Waals surface area contributed by atoms with Crippen LogP contribution in [0, 0.1) is 0 Å². The van der Waals surface area contributed by atoms with Crippen LogP contribution in [0.1, 0.15) is 12.5 Å². The number of benzene rings is 1. The van der Waals surface area contributed by atoms with Gasteiger partial charge in [0.05, 0.1) is 6.10 Å². The molecule has 1 atom stereocenters. The number of hydrogen-bond donors (Lipinski definition) is 2. The number of nitrogens with one attached hydrogen (secondary N) is 1. The zero-order valence-electron chi connectivity index (χ0n) is 7.93. The molecule has 0 spiro atoms. The molecule has 1 rings (SSSR count). The van der Waals surface area contributed by atoms with Gasteiger partial charge in [0.15, 0.2) is 0 Å². The minimum atomic E-state index is -0.326. The van der Waals surface area contributed by atoms with Crippen LogP contribution in [0.2, 0.25) is 5.02 Å². The molecule has 0 saturated heterocycles. The van der Waals surface area contributed by atoms with Gasteiger partial charge in [-0.1, -0.05) is 27.5 Å². The lowest BCUT2D eigenvalue weighted by atomic mass is 10.2. The molecular formula is C10H13BrClNO. The van der Waals surface area contributed by atoms with Crippen LogP contribution in [0.4, 0.5) is 0 Å². The zero-order valence-corrected chi connectivity index (χ0v) is 10.3. The molecule has 2 nitrogen and oxygen atoms in total. The third-order valence-corrected chi connectivity index (χ3v) is 2.77. The van der Waals surface area contributed by atoms with Crippen LogP contribution in [-0.4, -0.2) is 17.8 Å². The molecule has 0 aliphatic carbocycles. The lowest BCUT2D eigenvalue weighted by Gasteiger charge is -2.08. The van der Waals surface area contributed by atoms with Crippen LogP contribution in [0.5, 0.6) is 0 Å². The van der Waals surface area contributed by atoms with E-state index in [-0.39, 0.29) is 6.10 Å². The Hall–Kier alpha value is -0.0900. The zero-order chi connectivity index (χ0) is 10.6. The largest absolute Gasteiger partial charge is 0.392 e. The summed E-state index contributed by atoms with van der Waals surface area (Å²) in [6.07, 6.45) is -0.326. The van der Waals surface area contributed by atoms with Crippen LogP contribution in [0.3, 0.4) is 0 Å². The number of rotatable bonds is 4. The minimum Gasteiger partial charge on any atom is -0.392 e. The summed E-state index contributed by atoms with van der Waals surface area (Å²) < 4.78 is 1.03. The van der Waals surface area contributed by atoms with Gasteiger partial charge in [-0.25, -0.2) is 0 Å². The van der Waals surface area contributed by atoms with Gasteiger partial charge in [0, 0.05) is 22.6 Å². The fourth-order valence-electron chi connectivity index (χ4n) is 1.09. The van der Waals surface area contributed by atoms with Crippen molar-refractivity contribution in [2.45, 2.75) is 19.6 Å². The molecule has 0 bridgehead atoms. The van der Waals surface area contributed by atoms with Gasteiger partial charge >= 0.3 is 0 Å². The first-order valence-electron chi connectivity index (χ1n) is 4.42. The summed E-state index contributed by atoms with van der Waals surface area (Å²) in [6.45, 7) is 3.03. The molecule has 0 fully saturated rings.